The van der Waals surface area contributed by atoms with Gasteiger partial charge < -0.3 is 5.73 Å². The molecule has 0 fully saturated rings. The molecule has 0 saturated carbocycles. The van der Waals surface area contributed by atoms with Gasteiger partial charge >= 0.3 is 0 Å². The molecule has 0 bridgehead atoms. The number of anilines is 1. The summed E-state index contributed by atoms with van der Waals surface area (Å²) in [5, 5.41) is 9.99. The average molecular weight is 230 g/mol. The second-order valence-electron chi connectivity index (χ2n) is 4.07. The summed E-state index contributed by atoms with van der Waals surface area (Å²) >= 11 is 0. The molecule has 2 aromatic rings. The standard InChI is InChI=1S/C12H15N5/c1-7-5-8(2)17(16-7)9-3-4-11(13)10(6-9)12(14)15/h3-6H,13H2,1-2H3,(H3,14,15)/p+1. The van der Waals surface area contributed by atoms with Crippen LogP contribution in [0.3, 0.4) is 0 Å². The number of aryl methyl sites for hydroxylation is 2. The first-order chi connectivity index (χ1) is 7.99. The van der Waals surface area contributed by atoms with Gasteiger partial charge in [-0.2, -0.15) is 5.10 Å². The van der Waals surface area contributed by atoms with Gasteiger partial charge in [-0.3, -0.25) is 11.1 Å². The third-order valence-electron chi connectivity index (χ3n) is 2.60. The molecular formula is C12H16N5+. The van der Waals surface area contributed by atoms with Crippen molar-refractivity contribution in [2.24, 2.45) is 5.73 Å². The van der Waals surface area contributed by atoms with Crippen LogP contribution < -0.4 is 16.9 Å². The summed E-state index contributed by atoms with van der Waals surface area (Å²) in [5.74, 6) is 0.214. The second kappa shape index (κ2) is 3.93. The Kier molecular flexibility index (Phi) is 2.59. The Labute approximate surface area is 99.6 Å². The number of rotatable bonds is 2. The zero-order valence-electron chi connectivity index (χ0n) is 9.94. The van der Waals surface area contributed by atoms with Gasteiger partial charge in [0.1, 0.15) is 0 Å². The topological polar surface area (TPSA) is 95.5 Å². The van der Waals surface area contributed by atoms with Crippen LogP contribution in [0.15, 0.2) is 24.3 Å². The van der Waals surface area contributed by atoms with Crippen LogP contribution in [0.1, 0.15) is 17.0 Å². The predicted molar refractivity (Wildman–Crippen MR) is 67.7 cm³/mol. The quantitative estimate of drug-likeness (QED) is 0.370. The summed E-state index contributed by atoms with van der Waals surface area (Å²) in [6, 6.07) is 7.51. The molecule has 1 heterocycles. The minimum absolute atomic E-state index is 0.214. The lowest BCUT2D eigenvalue weighted by atomic mass is 10.1. The molecule has 0 saturated heterocycles. The fourth-order valence-electron chi connectivity index (χ4n) is 1.82. The highest BCUT2D eigenvalue weighted by molar-refractivity contribution is 5.98. The molecule has 6 N–H and O–H groups in total. The zero-order valence-corrected chi connectivity index (χ0v) is 9.94. The fourth-order valence-corrected chi connectivity index (χ4v) is 1.82. The van der Waals surface area contributed by atoms with Crippen molar-refractivity contribution in [3.63, 3.8) is 0 Å². The molecule has 5 nitrogen and oxygen atoms in total. The molecule has 17 heavy (non-hydrogen) atoms. The Morgan fingerprint density at radius 3 is 2.53 bits per heavy atom. The molecule has 0 unspecified atom stereocenters. The van der Waals surface area contributed by atoms with Crippen molar-refractivity contribution >= 4 is 11.5 Å². The Balaban J connectivity index is 2.57. The molecule has 0 amide bonds. The number of aromatic nitrogens is 2. The van der Waals surface area contributed by atoms with E-state index in [1.807, 2.05) is 36.7 Å². The molecule has 2 rings (SSSR count). The van der Waals surface area contributed by atoms with Gasteiger partial charge in [0.15, 0.2) is 0 Å². The van der Waals surface area contributed by atoms with Crippen molar-refractivity contribution in [2.45, 2.75) is 13.8 Å². The van der Waals surface area contributed by atoms with E-state index in [0.717, 1.165) is 17.1 Å². The molecular weight excluding hydrogens is 214 g/mol. The fraction of sp³-hybridized carbons (Fsp3) is 0.167. The van der Waals surface area contributed by atoms with Crippen LogP contribution in [-0.2, 0) is 0 Å². The summed E-state index contributed by atoms with van der Waals surface area (Å²) in [6.45, 7) is 3.94. The monoisotopic (exact) mass is 230 g/mol. The largest absolute Gasteiger partial charge is 0.398 e. The van der Waals surface area contributed by atoms with E-state index in [1.165, 1.54) is 0 Å². The summed E-state index contributed by atoms with van der Waals surface area (Å²) in [5.41, 5.74) is 15.5. The SMILES string of the molecule is Cc1cc(C)n(-c2ccc(N)c(C(N)=[NH2+])c2)n1. The van der Waals surface area contributed by atoms with Crippen LogP contribution in [0, 0.1) is 13.8 Å². The lowest BCUT2D eigenvalue weighted by Crippen LogP contribution is -2.46. The van der Waals surface area contributed by atoms with Crippen molar-refractivity contribution in [1.29, 1.82) is 0 Å². The van der Waals surface area contributed by atoms with E-state index >= 15 is 0 Å². The van der Waals surface area contributed by atoms with E-state index in [0.29, 0.717) is 11.3 Å². The maximum Gasteiger partial charge on any atom is 0.272 e. The molecule has 88 valence electrons. The van der Waals surface area contributed by atoms with E-state index in [2.05, 4.69) is 5.10 Å². The number of benzene rings is 1. The van der Waals surface area contributed by atoms with Gasteiger partial charge in [0.2, 0.25) is 0 Å². The van der Waals surface area contributed by atoms with Crippen LogP contribution in [0.4, 0.5) is 5.69 Å². The van der Waals surface area contributed by atoms with E-state index in [4.69, 9.17) is 16.9 Å². The highest BCUT2D eigenvalue weighted by Gasteiger charge is 2.10. The third kappa shape index (κ3) is 1.99. The first-order valence-electron chi connectivity index (χ1n) is 5.30. The average Bonchev–Trinajstić information content (AvgIpc) is 2.58. The van der Waals surface area contributed by atoms with Crippen LogP contribution >= 0.6 is 0 Å². The van der Waals surface area contributed by atoms with Crippen LogP contribution in [-0.4, -0.2) is 15.6 Å². The van der Waals surface area contributed by atoms with Gasteiger partial charge in [-0.05, 0) is 38.1 Å². The van der Waals surface area contributed by atoms with Crippen molar-refractivity contribution in [1.82, 2.24) is 9.78 Å². The van der Waals surface area contributed by atoms with E-state index in [9.17, 15) is 0 Å². The molecule has 5 heteroatoms. The molecule has 0 atom stereocenters. The number of nitrogen functional groups attached to an aromatic ring is 1. The Hall–Kier alpha value is -2.30. The first kappa shape index (κ1) is 11.2. The molecule has 1 aromatic carbocycles. The van der Waals surface area contributed by atoms with E-state index in [1.54, 1.807) is 6.07 Å². The molecule has 0 aliphatic carbocycles. The highest BCUT2D eigenvalue weighted by atomic mass is 15.3. The molecule has 0 aliphatic heterocycles. The smallest absolute Gasteiger partial charge is 0.272 e. The highest BCUT2D eigenvalue weighted by Crippen LogP contribution is 2.17. The molecule has 0 spiro atoms. The normalized spacial score (nSPS) is 10.5. The van der Waals surface area contributed by atoms with Crippen LogP contribution in [0.25, 0.3) is 5.69 Å². The minimum Gasteiger partial charge on any atom is -0.398 e. The molecule has 1 aromatic heterocycles. The van der Waals surface area contributed by atoms with Crippen molar-refractivity contribution in [3.8, 4) is 5.69 Å². The molecule has 0 aliphatic rings. The first-order valence-corrected chi connectivity index (χ1v) is 5.30. The van der Waals surface area contributed by atoms with Gasteiger partial charge in [0.05, 0.1) is 16.9 Å². The van der Waals surface area contributed by atoms with Crippen molar-refractivity contribution in [2.75, 3.05) is 5.73 Å². The van der Waals surface area contributed by atoms with Crippen LogP contribution in [0.2, 0.25) is 0 Å². The lowest BCUT2D eigenvalue weighted by Gasteiger charge is -2.07. The number of nitrogens with zero attached hydrogens (tertiary/aromatic N) is 2. The lowest BCUT2D eigenvalue weighted by molar-refractivity contribution is -0.114. The molecule has 0 radical (unpaired) electrons. The van der Waals surface area contributed by atoms with Gasteiger partial charge in [-0.1, -0.05) is 0 Å². The van der Waals surface area contributed by atoms with Gasteiger partial charge in [0, 0.05) is 11.4 Å². The number of nitrogens with two attached hydrogens (primary N) is 3. The number of hydrogen-bond donors (Lipinski definition) is 3. The van der Waals surface area contributed by atoms with E-state index < -0.39 is 0 Å². The van der Waals surface area contributed by atoms with Gasteiger partial charge in [0.25, 0.3) is 5.84 Å². The third-order valence-corrected chi connectivity index (χ3v) is 2.60. The number of amidine groups is 1. The summed E-state index contributed by atoms with van der Waals surface area (Å²) in [7, 11) is 0. The maximum absolute atomic E-state index is 5.80. The van der Waals surface area contributed by atoms with Gasteiger partial charge in [-0.25, -0.2) is 4.68 Å². The zero-order chi connectivity index (χ0) is 12.6. The minimum atomic E-state index is 0.214. The Morgan fingerprint density at radius 1 is 1.29 bits per heavy atom. The van der Waals surface area contributed by atoms with Crippen molar-refractivity contribution < 1.29 is 5.41 Å². The van der Waals surface area contributed by atoms with Gasteiger partial charge in [-0.15, -0.1) is 0 Å². The number of hydrogen-bond acceptors (Lipinski definition) is 2. The Morgan fingerprint density at radius 2 is 2.00 bits per heavy atom. The predicted octanol–water partition coefficient (Wildman–Crippen LogP) is -0.464. The van der Waals surface area contributed by atoms with Crippen molar-refractivity contribution in [3.05, 3.63) is 41.2 Å². The summed E-state index contributed by atoms with van der Waals surface area (Å²) < 4.78 is 1.83. The summed E-state index contributed by atoms with van der Waals surface area (Å²) in [4.78, 5) is 0. The summed E-state index contributed by atoms with van der Waals surface area (Å²) in [6.07, 6.45) is 0. The Bertz CT molecular complexity index is 583. The second-order valence-corrected chi connectivity index (χ2v) is 4.07. The maximum atomic E-state index is 5.80. The van der Waals surface area contributed by atoms with E-state index in [-0.39, 0.29) is 5.84 Å². The van der Waals surface area contributed by atoms with Crippen LogP contribution in [0.5, 0.6) is 0 Å².